The molecule has 8 heteroatoms. The Hall–Kier alpha value is 1.20. The van der Waals surface area contributed by atoms with Gasteiger partial charge in [0.25, 0.3) is 0 Å². The summed E-state index contributed by atoms with van der Waals surface area (Å²) in [5, 5.41) is 7.00. The second-order valence-electron chi connectivity index (χ2n) is 5.16. The molecule has 0 aromatic heterocycles. The van der Waals surface area contributed by atoms with Gasteiger partial charge in [0, 0.05) is 7.11 Å². The van der Waals surface area contributed by atoms with E-state index < -0.39 is 25.4 Å². The Bertz CT molecular complexity index is 164. The summed E-state index contributed by atoms with van der Waals surface area (Å²) in [6.45, 7) is 13.9. The van der Waals surface area contributed by atoms with E-state index in [0.29, 0.717) is 0 Å². The number of hydrogen-bond donors (Lipinski definition) is 2. The molecular weight excluding hydrogens is 364 g/mol. The molecule has 0 aliphatic heterocycles. The standard InChI is InChI=1S/C7H22O3Si3.CH4O.4CH4.2CH3.Ti/c1-11(2,3)9-13(6,7)10-12(4,5)8;1-2;;;;;;;/h8H,1-7H3;2H,1H3;4*1H4;2*1H3;/q;;;;;;2*-1;+2. The van der Waals surface area contributed by atoms with E-state index >= 15 is 0 Å². The van der Waals surface area contributed by atoms with Gasteiger partial charge < -0.3 is 33.0 Å². The van der Waals surface area contributed by atoms with Gasteiger partial charge in [-0.25, -0.2) is 0 Å². The van der Waals surface area contributed by atoms with E-state index in [1.54, 1.807) is 13.1 Å². The van der Waals surface area contributed by atoms with Gasteiger partial charge in [-0.2, -0.15) is 0 Å². The van der Waals surface area contributed by atoms with Crippen LogP contribution < -0.4 is 0 Å². The molecule has 0 aliphatic carbocycles. The third kappa shape index (κ3) is 49.6. The Labute approximate surface area is 162 Å². The Morgan fingerprint density at radius 1 is 0.636 bits per heavy atom. The fourth-order valence-electron chi connectivity index (χ4n) is 1.36. The van der Waals surface area contributed by atoms with Crippen molar-refractivity contribution in [1.29, 1.82) is 0 Å². The molecule has 0 fully saturated rings. The predicted molar refractivity (Wildman–Crippen MR) is 111 cm³/mol. The van der Waals surface area contributed by atoms with Crippen molar-refractivity contribution in [2.24, 2.45) is 0 Å². The zero-order valence-electron chi connectivity index (χ0n) is 13.7. The van der Waals surface area contributed by atoms with Gasteiger partial charge in [-0.1, -0.05) is 29.7 Å². The monoisotopic (exact) mass is 412 g/mol. The Balaban J connectivity index is -0.0000000257. The Kier molecular flexibility index (Phi) is 57.2. The summed E-state index contributed by atoms with van der Waals surface area (Å²) in [7, 11) is -5.08. The quantitative estimate of drug-likeness (QED) is 0.486. The maximum Gasteiger partial charge on any atom is 2.00 e. The molecule has 0 rings (SSSR count). The van der Waals surface area contributed by atoms with E-state index in [1.807, 2.05) is 13.1 Å². The first-order valence-electron chi connectivity index (χ1n) is 4.99. The smallest absolute Gasteiger partial charge is 0.437 e. The molecule has 0 aromatic rings. The van der Waals surface area contributed by atoms with Gasteiger partial charge in [-0.3, -0.25) is 0 Å². The summed E-state index contributed by atoms with van der Waals surface area (Å²) >= 11 is 0. The largest absolute Gasteiger partial charge is 2.00 e. The van der Waals surface area contributed by atoms with Crippen LogP contribution in [0.4, 0.5) is 0 Å². The molecule has 0 atom stereocenters. The fourth-order valence-corrected chi connectivity index (χ4v) is 12.6. The fraction of sp³-hybridized carbons (Fsp3) is 0.857. The third-order valence-electron chi connectivity index (χ3n) is 1.05. The summed E-state index contributed by atoms with van der Waals surface area (Å²) in [5.41, 5.74) is 0. The van der Waals surface area contributed by atoms with Gasteiger partial charge in [-0.15, -0.1) is 0 Å². The second-order valence-corrected chi connectivity index (χ2v) is 16.7. The van der Waals surface area contributed by atoms with Gasteiger partial charge in [0.05, 0.1) is 0 Å². The van der Waals surface area contributed by atoms with Gasteiger partial charge in [0.1, 0.15) is 0 Å². The number of aliphatic hydroxyl groups excluding tert-OH is 1. The van der Waals surface area contributed by atoms with Crippen LogP contribution in [-0.2, 0) is 29.9 Å². The molecule has 0 aromatic carbocycles. The van der Waals surface area contributed by atoms with E-state index in [1.165, 1.54) is 0 Å². The summed E-state index contributed by atoms with van der Waals surface area (Å²) in [6, 6.07) is 0. The van der Waals surface area contributed by atoms with Crippen molar-refractivity contribution in [3.63, 3.8) is 0 Å². The summed E-state index contributed by atoms with van der Waals surface area (Å²) < 4.78 is 11.6. The van der Waals surface area contributed by atoms with Crippen molar-refractivity contribution in [3.05, 3.63) is 14.9 Å². The predicted octanol–water partition coefficient (Wildman–Crippen LogP) is 5.30. The summed E-state index contributed by atoms with van der Waals surface area (Å²) in [5.74, 6) is 0. The number of aliphatic hydroxyl groups is 1. The van der Waals surface area contributed by atoms with E-state index in [0.717, 1.165) is 7.11 Å². The minimum absolute atomic E-state index is 0. The first-order chi connectivity index (χ1) is 6.41. The number of hydrogen-bond acceptors (Lipinski definition) is 4. The van der Waals surface area contributed by atoms with Gasteiger partial charge in [0.2, 0.25) is 0 Å². The van der Waals surface area contributed by atoms with Gasteiger partial charge in [0.15, 0.2) is 8.32 Å². The normalized spacial score (nSPS) is 9.00. The molecule has 0 amide bonds. The average Bonchev–Trinajstić information content (AvgIpc) is 1.79. The molecule has 2 N–H and O–H groups in total. The van der Waals surface area contributed by atoms with Gasteiger partial charge >= 0.3 is 38.8 Å². The molecule has 0 bridgehead atoms. The minimum atomic E-state index is -2.43. The van der Waals surface area contributed by atoms with Crippen LogP contribution in [0.2, 0.25) is 45.8 Å². The van der Waals surface area contributed by atoms with Crippen LogP contribution in [0.15, 0.2) is 0 Å². The molecular formula is C14H48O4Si3Ti. The van der Waals surface area contributed by atoms with Crippen molar-refractivity contribution in [1.82, 2.24) is 0 Å². The van der Waals surface area contributed by atoms with Crippen molar-refractivity contribution in [2.75, 3.05) is 7.11 Å². The van der Waals surface area contributed by atoms with Crippen molar-refractivity contribution in [3.8, 4) is 0 Å². The SMILES string of the molecule is C.C.C.C.CO.C[Si](C)(C)O[Si](C)(C)O[Si](C)(C)O.[CH3-].[CH3-].[Ti+2]. The molecule has 0 saturated heterocycles. The van der Waals surface area contributed by atoms with Gasteiger partial charge in [-0.05, 0) is 45.8 Å². The molecule has 0 radical (unpaired) electrons. The van der Waals surface area contributed by atoms with Crippen molar-refractivity contribution in [2.45, 2.75) is 75.5 Å². The molecule has 144 valence electrons. The Morgan fingerprint density at radius 3 is 1.00 bits per heavy atom. The van der Waals surface area contributed by atoms with Crippen LogP contribution >= 0.6 is 0 Å². The maximum absolute atomic E-state index is 9.64. The van der Waals surface area contributed by atoms with Crippen LogP contribution in [0.25, 0.3) is 0 Å². The molecule has 0 saturated carbocycles. The first kappa shape index (κ1) is 56.7. The van der Waals surface area contributed by atoms with Crippen LogP contribution in [-0.4, -0.2) is 42.5 Å². The molecule has 0 unspecified atom stereocenters. The van der Waals surface area contributed by atoms with Crippen molar-refractivity contribution < 1.29 is 39.9 Å². The first-order valence-corrected chi connectivity index (χ1v) is 14.1. The van der Waals surface area contributed by atoms with Crippen LogP contribution in [0.3, 0.4) is 0 Å². The zero-order valence-corrected chi connectivity index (χ0v) is 18.3. The molecule has 4 nitrogen and oxygen atoms in total. The summed E-state index contributed by atoms with van der Waals surface area (Å²) in [4.78, 5) is 9.64. The summed E-state index contributed by atoms with van der Waals surface area (Å²) in [6.07, 6.45) is 0. The molecule has 0 heterocycles. The maximum atomic E-state index is 9.64. The van der Waals surface area contributed by atoms with Crippen LogP contribution in [0.5, 0.6) is 0 Å². The van der Waals surface area contributed by atoms with E-state index in [2.05, 4.69) is 19.6 Å². The topological polar surface area (TPSA) is 58.9 Å². The van der Waals surface area contributed by atoms with E-state index in [9.17, 15) is 4.80 Å². The molecule has 22 heavy (non-hydrogen) atoms. The Morgan fingerprint density at radius 2 is 0.864 bits per heavy atom. The van der Waals surface area contributed by atoms with E-state index in [4.69, 9.17) is 13.3 Å². The molecule has 0 aliphatic rings. The zero-order chi connectivity index (χ0) is 12.9. The van der Waals surface area contributed by atoms with Crippen molar-refractivity contribution >= 4 is 25.4 Å². The second kappa shape index (κ2) is 22.2. The van der Waals surface area contributed by atoms with Crippen LogP contribution in [0.1, 0.15) is 29.7 Å². The number of rotatable bonds is 4. The minimum Gasteiger partial charge on any atom is -0.437 e. The van der Waals surface area contributed by atoms with E-state index in [-0.39, 0.29) is 66.3 Å². The third-order valence-corrected chi connectivity index (χ3v) is 9.43. The van der Waals surface area contributed by atoms with Crippen LogP contribution in [0, 0.1) is 14.9 Å². The average molecular weight is 413 g/mol. The molecule has 0 spiro atoms.